The second kappa shape index (κ2) is 9.62. The molecule has 2 heteroatoms. The van der Waals surface area contributed by atoms with E-state index in [0.29, 0.717) is 0 Å². The normalized spacial score (nSPS) is 11.4. The Balaban J connectivity index is 1.41. The van der Waals surface area contributed by atoms with Gasteiger partial charge in [0.15, 0.2) is 0 Å². The number of rotatable bonds is 4. The van der Waals surface area contributed by atoms with E-state index in [9.17, 15) is 0 Å². The van der Waals surface area contributed by atoms with E-state index >= 15 is 0 Å². The SMILES string of the molecule is c1ccc(-c2cc3ccccc3cc2Oc2c3ccccc3c(-c3ccc4ccccc4c3)c3cnccc23)cc1. The van der Waals surface area contributed by atoms with Crippen molar-refractivity contribution in [3.05, 3.63) is 152 Å². The summed E-state index contributed by atoms with van der Waals surface area (Å²) in [6.07, 6.45) is 3.82. The fraction of sp³-hybridized carbons (Fsp3) is 0. The van der Waals surface area contributed by atoms with Crippen LogP contribution < -0.4 is 4.74 Å². The first-order valence-corrected chi connectivity index (χ1v) is 13.9. The second-order valence-corrected chi connectivity index (χ2v) is 10.4. The molecule has 0 saturated heterocycles. The summed E-state index contributed by atoms with van der Waals surface area (Å²) < 4.78 is 7.03. The molecule has 0 aliphatic rings. The molecule has 41 heavy (non-hydrogen) atoms. The number of hydrogen-bond acceptors (Lipinski definition) is 2. The lowest BCUT2D eigenvalue weighted by molar-refractivity contribution is 0.496. The van der Waals surface area contributed by atoms with Crippen molar-refractivity contribution in [1.29, 1.82) is 0 Å². The lowest BCUT2D eigenvalue weighted by Gasteiger charge is -2.19. The molecule has 192 valence electrons. The third-order valence-corrected chi connectivity index (χ3v) is 7.96. The molecular formula is C39H25NO. The predicted octanol–water partition coefficient (Wildman–Crippen LogP) is 10.8. The Kier molecular flexibility index (Phi) is 5.49. The standard InChI is InChI=1S/C39H25NO/c1-2-11-27(12-3-1)35-23-29-14-6-7-15-30(29)24-37(35)41-39-33-17-9-8-16-32(33)38(36-25-40-21-20-34(36)39)31-19-18-26-10-4-5-13-28(26)22-31/h1-25H. The number of fused-ring (bicyclic) bond motifs is 4. The maximum atomic E-state index is 7.03. The summed E-state index contributed by atoms with van der Waals surface area (Å²) >= 11 is 0. The first kappa shape index (κ1) is 23.4. The van der Waals surface area contributed by atoms with Crippen LogP contribution in [0.15, 0.2) is 152 Å². The van der Waals surface area contributed by atoms with Crippen LogP contribution in [0.5, 0.6) is 11.5 Å². The minimum absolute atomic E-state index is 0.830. The van der Waals surface area contributed by atoms with Crippen LogP contribution >= 0.6 is 0 Å². The molecule has 0 saturated carbocycles. The molecule has 0 bridgehead atoms. The summed E-state index contributed by atoms with van der Waals surface area (Å²) in [5.74, 6) is 1.67. The maximum Gasteiger partial charge on any atom is 0.143 e. The molecule has 0 radical (unpaired) electrons. The van der Waals surface area contributed by atoms with Crippen molar-refractivity contribution in [1.82, 2.24) is 4.98 Å². The van der Waals surface area contributed by atoms with Gasteiger partial charge in [-0.2, -0.15) is 0 Å². The van der Waals surface area contributed by atoms with Crippen molar-refractivity contribution in [2.75, 3.05) is 0 Å². The molecule has 0 unspecified atom stereocenters. The van der Waals surface area contributed by atoms with Crippen molar-refractivity contribution in [2.24, 2.45) is 0 Å². The minimum Gasteiger partial charge on any atom is -0.455 e. The van der Waals surface area contributed by atoms with E-state index in [-0.39, 0.29) is 0 Å². The van der Waals surface area contributed by atoms with Crippen molar-refractivity contribution in [3.8, 4) is 33.8 Å². The molecule has 1 aromatic heterocycles. The summed E-state index contributed by atoms with van der Waals surface area (Å²) in [5.41, 5.74) is 4.52. The van der Waals surface area contributed by atoms with Crippen LogP contribution in [0.1, 0.15) is 0 Å². The number of ether oxygens (including phenoxy) is 1. The number of nitrogens with zero attached hydrogens (tertiary/aromatic N) is 1. The zero-order valence-corrected chi connectivity index (χ0v) is 22.3. The molecule has 0 fully saturated rings. The van der Waals surface area contributed by atoms with Crippen molar-refractivity contribution >= 4 is 43.1 Å². The van der Waals surface area contributed by atoms with E-state index < -0.39 is 0 Å². The topological polar surface area (TPSA) is 22.1 Å². The van der Waals surface area contributed by atoms with Crippen LogP contribution in [0.3, 0.4) is 0 Å². The van der Waals surface area contributed by atoms with Crippen LogP contribution in [0.4, 0.5) is 0 Å². The molecule has 0 aliphatic carbocycles. The van der Waals surface area contributed by atoms with Gasteiger partial charge in [-0.05, 0) is 67.9 Å². The van der Waals surface area contributed by atoms with E-state index in [2.05, 4.69) is 138 Å². The summed E-state index contributed by atoms with van der Waals surface area (Å²) in [6, 6.07) is 49.1. The first-order chi connectivity index (χ1) is 20.3. The van der Waals surface area contributed by atoms with E-state index in [1.54, 1.807) is 0 Å². The molecule has 1 heterocycles. The molecule has 0 atom stereocenters. The van der Waals surface area contributed by atoms with E-state index in [1.807, 2.05) is 18.5 Å². The number of hydrogen-bond donors (Lipinski definition) is 0. The van der Waals surface area contributed by atoms with Crippen LogP contribution in [-0.2, 0) is 0 Å². The largest absolute Gasteiger partial charge is 0.455 e. The highest BCUT2D eigenvalue weighted by atomic mass is 16.5. The van der Waals surface area contributed by atoms with Gasteiger partial charge < -0.3 is 4.74 Å². The molecule has 8 rings (SSSR count). The quantitative estimate of drug-likeness (QED) is 0.214. The highest BCUT2D eigenvalue weighted by molar-refractivity contribution is 6.17. The summed E-state index contributed by atoms with van der Waals surface area (Å²) in [4.78, 5) is 4.57. The zero-order valence-electron chi connectivity index (χ0n) is 22.3. The van der Waals surface area contributed by atoms with Gasteiger partial charge in [0.2, 0.25) is 0 Å². The van der Waals surface area contributed by atoms with E-state index in [0.717, 1.165) is 49.6 Å². The van der Waals surface area contributed by atoms with Gasteiger partial charge in [0.1, 0.15) is 11.5 Å². The zero-order chi connectivity index (χ0) is 27.2. The van der Waals surface area contributed by atoms with Gasteiger partial charge in [0.05, 0.1) is 0 Å². The molecule has 0 amide bonds. The van der Waals surface area contributed by atoms with Crippen LogP contribution in [0, 0.1) is 0 Å². The van der Waals surface area contributed by atoms with Crippen molar-refractivity contribution in [2.45, 2.75) is 0 Å². The average Bonchev–Trinajstić information content (AvgIpc) is 3.04. The van der Waals surface area contributed by atoms with Gasteiger partial charge in [-0.1, -0.05) is 115 Å². The maximum absolute atomic E-state index is 7.03. The first-order valence-electron chi connectivity index (χ1n) is 13.9. The highest BCUT2D eigenvalue weighted by Gasteiger charge is 2.19. The Bertz CT molecular complexity index is 2180. The summed E-state index contributed by atoms with van der Waals surface area (Å²) in [5, 5.41) is 9.09. The lowest BCUT2D eigenvalue weighted by atomic mass is 9.91. The van der Waals surface area contributed by atoms with Crippen LogP contribution in [0.2, 0.25) is 0 Å². The predicted molar refractivity (Wildman–Crippen MR) is 172 cm³/mol. The van der Waals surface area contributed by atoms with Gasteiger partial charge >= 0.3 is 0 Å². The van der Waals surface area contributed by atoms with Crippen LogP contribution in [0.25, 0.3) is 65.3 Å². The van der Waals surface area contributed by atoms with Gasteiger partial charge in [0, 0.05) is 34.1 Å². The Hall–Kier alpha value is -5.47. The molecule has 0 spiro atoms. The second-order valence-electron chi connectivity index (χ2n) is 10.4. The Morgan fingerprint density at radius 3 is 1.88 bits per heavy atom. The molecule has 8 aromatic rings. The molecule has 0 aliphatic heterocycles. The highest BCUT2D eigenvalue weighted by Crippen LogP contribution is 2.46. The molecule has 7 aromatic carbocycles. The van der Waals surface area contributed by atoms with E-state index in [1.165, 1.54) is 27.3 Å². The summed E-state index contributed by atoms with van der Waals surface area (Å²) in [6.45, 7) is 0. The van der Waals surface area contributed by atoms with Gasteiger partial charge in [-0.25, -0.2) is 0 Å². The monoisotopic (exact) mass is 523 g/mol. The number of benzene rings is 7. The van der Waals surface area contributed by atoms with Gasteiger partial charge in [-0.3, -0.25) is 4.98 Å². The molecule has 2 nitrogen and oxygen atoms in total. The smallest absolute Gasteiger partial charge is 0.143 e. The lowest BCUT2D eigenvalue weighted by Crippen LogP contribution is -1.94. The fourth-order valence-electron chi connectivity index (χ4n) is 6.00. The van der Waals surface area contributed by atoms with Gasteiger partial charge in [-0.15, -0.1) is 0 Å². The van der Waals surface area contributed by atoms with Gasteiger partial charge in [0.25, 0.3) is 0 Å². The third-order valence-electron chi connectivity index (χ3n) is 7.96. The Labute approximate surface area is 238 Å². The number of aromatic nitrogens is 1. The van der Waals surface area contributed by atoms with Crippen molar-refractivity contribution in [3.63, 3.8) is 0 Å². The summed E-state index contributed by atoms with van der Waals surface area (Å²) in [7, 11) is 0. The fourth-order valence-corrected chi connectivity index (χ4v) is 6.00. The van der Waals surface area contributed by atoms with Crippen LogP contribution in [-0.4, -0.2) is 4.98 Å². The minimum atomic E-state index is 0.830. The molecule has 0 N–H and O–H groups in total. The number of pyridine rings is 1. The Morgan fingerprint density at radius 2 is 1.07 bits per heavy atom. The average molecular weight is 524 g/mol. The van der Waals surface area contributed by atoms with E-state index in [4.69, 9.17) is 4.74 Å². The van der Waals surface area contributed by atoms with Crippen molar-refractivity contribution < 1.29 is 4.74 Å². The third kappa shape index (κ3) is 4.00. The Morgan fingerprint density at radius 1 is 0.439 bits per heavy atom. The molecular weight excluding hydrogens is 498 g/mol.